The lowest BCUT2D eigenvalue weighted by Gasteiger charge is -2.40. The highest BCUT2D eigenvalue weighted by Crippen LogP contribution is 2.60. The Hall–Kier alpha value is -3.90. The van der Waals surface area contributed by atoms with Crippen LogP contribution >= 0.6 is 0 Å². The molecule has 5 aromatic carbocycles. The molecule has 0 saturated heterocycles. The molecule has 0 nitrogen and oxygen atoms in total. The molecule has 0 aromatic heterocycles. The molecule has 0 atom stereocenters. The van der Waals surface area contributed by atoms with Crippen molar-refractivity contribution < 1.29 is 0 Å². The van der Waals surface area contributed by atoms with Crippen LogP contribution < -0.4 is 0 Å². The lowest BCUT2D eigenvalue weighted by molar-refractivity contribution is 0.721. The van der Waals surface area contributed by atoms with Crippen LogP contribution in [0.3, 0.4) is 0 Å². The van der Waals surface area contributed by atoms with Gasteiger partial charge in [0.1, 0.15) is 0 Å². The minimum Gasteiger partial charge on any atom is -0.0620 e. The van der Waals surface area contributed by atoms with E-state index < -0.39 is 0 Å². The fourth-order valence-electron chi connectivity index (χ4n) is 6.92. The molecule has 0 unspecified atom stereocenters. The molecule has 0 aliphatic heterocycles. The summed E-state index contributed by atoms with van der Waals surface area (Å²) in [6.07, 6.45) is 2.02. The van der Waals surface area contributed by atoms with Crippen LogP contribution in [0.4, 0.5) is 0 Å². The molecule has 3 aliphatic rings. The summed E-state index contributed by atoms with van der Waals surface area (Å²) in [4.78, 5) is 0. The molecule has 0 N–H and O–H groups in total. The Morgan fingerprint density at radius 1 is 0.364 bits per heavy atom. The summed E-state index contributed by atoms with van der Waals surface area (Å²) in [5.74, 6) is 0. The van der Waals surface area contributed by atoms with E-state index >= 15 is 0 Å². The maximum Gasteiger partial charge on any atom is 0.0719 e. The van der Waals surface area contributed by atoms with Gasteiger partial charge in [0, 0.05) is 0 Å². The third-order valence-corrected chi connectivity index (χ3v) is 8.18. The standard InChI is InChI=1S/C33H22/c1-4-12-25-21(9-1)17-24-19-32-28(20-27(24)25)26-13-5-8-16-31(26)33(32)29-14-6-2-10-22(29)18-23-11-3-7-15-30(23)33/h1-16,19-20H,17-18H2. The van der Waals surface area contributed by atoms with Crippen molar-refractivity contribution in [1.29, 1.82) is 0 Å². The molecule has 8 rings (SSSR count). The van der Waals surface area contributed by atoms with Gasteiger partial charge in [-0.15, -0.1) is 0 Å². The number of hydrogen-bond acceptors (Lipinski definition) is 0. The summed E-state index contributed by atoms with van der Waals surface area (Å²) in [5, 5.41) is 0. The van der Waals surface area contributed by atoms with Gasteiger partial charge in [-0.2, -0.15) is 0 Å². The van der Waals surface area contributed by atoms with E-state index in [0.717, 1.165) is 12.8 Å². The van der Waals surface area contributed by atoms with Crippen LogP contribution in [-0.2, 0) is 18.3 Å². The van der Waals surface area contributed by atoms with E-state index in [1.165, 1.54) is 66.8 Å². The second-order valence-corrected chi connectivity index (χ2v) is 9.68. The Bertz CT molecular complexity index is 1570. The van der Waals surface area contributed by atoms with Gasteiger partial charge in [-0.25, -0.2) is 0 Å². The van der Waals surface area contributed by atoms with Gasteiger partial charge < -0.3 is 0 Å². The second kappa shape index (κ2) is 6.11. The Kier molecular flexibility index (Phi) is 3.27. The zero-order valence-electron chi connectivity index (χ0n) is 18.3. The van der Waals surface area contributed by atoms with Crippen molar-refractivity contribution >= 4 is 0 Å². The first-order valence-electron chi connectivity index (χ1n) is 11.9. The maximum atomic E-state index is 2.55. The van der Waals surface area contributed by atoms with Gasteiger partial charge in [0.2, 0.25) is 0 Å². The van der Waals surface area contributed by atoms with Crippen LogP contribution in [0.1, 0.15) is 44.5 Å². The Balaban J connectivity index is 1.54. The monoisotopic (exact) mass is 418 g/mol. The quantitative estimate of drug-likeness (QED) is 0.239. The van der Waals surface area contributed by atoms with Crippen molar-refractivity contribution in [3.63, 3.8) is 0 Å². The molecule has 0 bridgehead atoms. The fraction of sp³-hybridized carbons (Fsp3) is 0.0909. The van der Waals surface area contributed by atoms with E-state index in [-0.39, 0.29) is 5.41 Å². The van der Waals surface area contributed by atoms with Gasteiger partial charge in [0.15, 0.2) is 0 Å². The molecule has 0 radical (unpaired) electrons. The van der Waals surface area contributed by atoms with Crippen LogP contribution in [0.5, 0.6) is 0 Å². The lowest BCUT2D eigenvalue weighted by Crippen LogP contribution is -2.34. The van der Waals surface area contributed by atoms with Gasteiger partial charge in [0.05, 0.1) is 5.41 Å². The van der Waals surface area contributed by atoms with E-state index in [1.807, 2.05) is 0 Å². The average Bonchev–Trinajstić information content (AvgIpc) is 3.37. The first-order valence-corrected chi connectivity index (χ1v) is 11.9. The zero-order chi connectivity index (χ0) is 21.6. The van der Waals surface area contributed by atoms with E-state index in [0.29, 0.717) is 0 Å². The largest absolute Gasteiger partial charge is 0.0719 e. The fourth-order valence-corrected chi connectivity index (χ4v) is 6.92. The minimum absolute atomic E-state index is 0.249. The zero-order valence-corrected chi connectivity index (χ0v) is 18.3. The smallest absolute Gasteiger partial charge is 0.0620 e. The number of benzene rings is 5. The second-order valence-electron chi connectivity index (χ2n) is 9.68. The highest BCUT2D eigenvalue weighted by atomic mass is 14.5. The van der Waals surface area contributed by atoms with E-state index in [2.05, 4.69) is 109 Å². The summed E-state index contributed by atoms with van der Waals surface area (Å²) in [6.45, 7) is 0. The van der Waals surface area contributed by atoms with E-state index in [4.69, 9.17) is 0 Å². The van der Waals surface area contributed by atoms with Gasteiger partial charge in [-0.1, -0.05) is 103 Å². The summed E-state index contributed by atoms with van der Waals surface area (Å²) in [7, 11) is 0. The summed E-state index contributed by atoms with van der Waals surface area (Å²) in [6, 6.07) is 41.3. The first-order chi connectivity index (χ1) is 16.4. The van der Waals surface area contributed by atoms with Crippen LogP contribution in [0.25, 0.3) is 22.3 Å². The van der Waals surface area contributed by atoms with Crippen molar-refractivity contribution in [2.45, 2.75) is 18.3 Å². The first kappa shape index (κ1) is 17.6. The maximum absolute atomic E-state index is 2.55. The predicted molar refractivity (Wildman–Crippen MR) is 135 cm³/mol. The number of fused-ring (bicyclic) bond motifs is 12. The number of hydrogen-bond donors (Lipinski definition) is 0. The SMILES string of the molecule is c1ccc2c(c1)Cc1cc3c(cc1-2)-c1ccccc1C31c2ccccc2Cc2ccccc21. The topological polar surface area (TPSA) is 0 Å². The molecule has 0 saturated carbocycles. The van der Waals surface area contributed by atoms with Crippen molar-refractivity contribution in [3.05, 3.63) is 154 Å². The van der Waals surface area contributed by atoms with Crippen LogP contribution in [0.15, 0.2) is 109 Å². The molecule has 0 fully saturated rings. The van der Waals surface area contributed by atoms with Gasteiger partial charge in [0.25, 0.3) is 0 Å². The molecule has 0 amide bonds. The van der Waals surface area contributed by atoms with Crippen LogP contribution in [0.2, 0.25) is 0 Å². The molecule has 1 spiro atoms. The third-order valence-electron chi connectivity index (χ3n) is 8.18. The highest BCUT2D eigenvalue weighted by Gasteiger charge is 2.50. The Labute approximate surface area is 194 Å². The lowest BCUT2D eigenvalue weighted by atomic mass is 9.61. The summed E-state index contributed by atoms with van der Waals surface area (Å²) < 4.78 is 0. The van der Waals surface area contributed by atoms with Crippen molar-refractivity contribution in [2.75, 3.05) is 0 Å². The average molecular weight is 419 g/mol. The molecule has 5 aromatic rings. The van der Waals surface area contributed by atoms with Gasteiger partial charge in [-0.3, -0.25) is 0 Å². The summed E-state index contributed by atoms with van der Waals surface area (Å²) >= 11 is 0. The molecular weight excluding hydrogens is 396 g/mol. The van der Waals surface area contributed by atoms with E-state index in [1.54, 1.807) is 0 Å². The van der Waals surface area contributed by atoms with Crippen LogP contribution in [0, 0.1) is 0 Å². The molecular formula is C33H22. The molecule has 154 valence electrons. The van der Waals surface area contributed by atoms with Gasteiger partial charge in [-0.05, 0) is 85.7 Å². The van der Waals surface area contributed by atoms with Crippen molar-refractivity contribution in [1.82, 2.24) is 0 Å². The summed E-state index contributed by atoms with van der Waals surface area (Å²) in [5.41, 5.74) is 16.9. The van der Waals surface area contributed by atoms with Crippen LogP contribution in [-0.4, -0.2) is 0 Å². The molecule has 33 heavy (non-hydrogen) atoms. The highest BCUT2D eigenvalue weighted by molar-refractivity contribution is 5.92. The molecule has 3 aliphatic carbocycles. The number of rotatable bonds is 0. The minimum atomic E-state index is -0.249. The third kappa shape index (κ3) is 2.07. The Morgan fingerprint density at radius 3 is 1.64 bits per heavy atom. The molecule has 0 heteroatoms. The Morgan fingerprint density at radius 2 is 0.909 bits per heavy atom. The predicted octanol–water partition coefficient (Wildman–Crippen LogP) is 7.53. The normalized spacial score (nSPS) is 15.3. The van der Waals surface area contributed by atoms with Crippen molar-refractivity contribution in [3.8, 4) is 22.3 Å². The van der Waals surface area contributed by atoms with Crippen molar-refractivity contribution in [2.24, 2.45) is 0 Å². The van der Waals surface area contributed by atoms with E-state index in [9.17, 15) is 0 Å². The molecule has 0 heterocycles. The van der Waals surface area contributed by atoms with Gasteiger partial charge >= 0.3 is 0 Å².